The van der Waals surface area contributed by atoms with Crippen LogP contribution in [-0.2, 0) is 11.8 Å². The molecule has 0 spiro atoms. The maximum absolute atomic E-state index is 12.4. The fourth-order valence-corrected chi connectivity index (χ4v) is 4.07. The number of anilines is 1. The van der Waals surface area contributed by atoms with Gasteiger partial charge in [0.1, 0.15) is 5.75 Å². The van der Waals surface area contributed by atoms with Crippen molar-refractivity contribution < 1.29 is 14.5 Å². The van der Waals surface area contributed by atoms with Crippen molar-refractivity contribution in [3.05, 3.63) is 67.4 Å². The van der Waals surface area contributed by atoms with E-state index in [9.17, 15) is 14.9 Å². The number of nitro groups is 1. The number of nitro benzene ring substituents is 1. The monoisotopic (exact) mass is 509 g/mol. The average Bonchev–Trinajstić information content (AvgIpc) is 3.12. The number of halogens is 2. The fourth-order valence-electron chi connectivity index (χ4n) is 3.08. The van der Waals surface area contributed by atoms with Gasteiger partial charge in [0.25, 0.3) is 5.69 Å². The number of nitrogens with zero attached hydrogens (tertiary/aromatic N) is 4. The number of benzene rings is 2. The minimum atomic E-state index is -0.558. The van der Waals surface area contributed by atoms with E-state index < -0.39 is 11.0 Å². The molecule has 12 heteroatoms. The van der Waals surface area contributed by atoms with Crippen LogP contribution in [0.1, 0.15) is 30.0 Å². The van der Waals surface area contributed by atoms with Crippen molar-refractivity contribution in [1.29, 1.82) is 0 Å². The summed E-state index contributed by atoms with van der Waals surface area (Å²) in [5.41, 5.74) is 1.84. The number of rotatable bonds is 8. The van der Waals surface area contributed by atoms with Crippen LogP contribution in [0.25, 0.3) is 0 Å². The van der Waals surface area contributed by atoms with E-state index in [1.165, 1.54) is 30.0 Å². The number of aryl methyl sites for hydroxylation is 2. The maximum Gasteiger partial charge on any atom is 0.271 e. The molecule has 0 radical (unpaired) electrons. The largest absolute Gasteiger partial charge is 0.483 e. The summed E-state index contributed by atoms with van der Waals surface area (Å²) in [5, 5.41) is 23.3. The summed E-state index contributed by atoms with van der Waals surface area (Å²) in [4.78, 5) is 22.7. The van der Waals surface area contributed by atoms with Gasteiger partial charge < -0.3 is 14.6 Å². The van der Waals surface area contributed by atoms with E-state index in [2.05, 4.69) is 15.5 Å². The molecule has 0 aliphatic carbocycles. The second-order valence-electron chi connectivity index (χ2n) is 7.29. The van der Waals surface area contributed by atoms with E-state index in [0.29, 0.717) is 21.8 Å². The van der Waals surface area contributed by atoms with Gasteiger partial charge in [0.15, 0.2) is 17.1 Å². The first-order valence-electron chi connectivity index (χ1n) is 9.76. The summed E-state index contributed by atoms with van der Waals surface area (Å²) in [6, 6.07) is 7.57. The third-order valence-electron chi connectivity index (χ3n) is 4.72. The zero-order chi connectivity index (χ0) is 24.3. The first-order valence-corrected chi connectivity index (χ1v) is 11.5. The Labute approximate surface area is 204 Å². The van der Waals surface area contributed by atoms with Crippen molar-refractivity contribution in [2.24, 2.45) is 7.05 Å². The molecule has 0 fully saturated rings. The topological polar surface area (TPSA) is 112 Å². The molecule has 33 heavy (non-hydrogen) atoms. The lowest BCUT2D eigenvalue weighted by molar-refractivity contribution is -0.384. The van der Waals surface area contributed by atoms with Gasteiger partial charge in [0.2, 0.25) is 5.91 Å². The standard InChI is InChI=1S/C21H21Cl2N5O4S/c1-11-7-15(8-12(2)19(11)23)32-13(3)20-25-26-21(27(20)4)33-10-18(29)24-17-9-14(28(30)31)5-6-16(17)22/h5-9,13H,10H2,1-4H3,(H,24,29). The van der Waals surface area contributed by atoms with Crippen molar-refractivity contribution >= 4 is 52.2 Å². The number of nitrogens with one attached hydrogen (secondary N) is 1. The normalized spacial score (nSPS) is 11.8. The van der Waals surface area contributed by atoms with Crippen LogP contribution in [0.15, 0.2) is 35.5 Å². The molecule has 9 nitrogen and oxygen atoms in total. The Balaban J connectivity index is 1.63. The second-order valence-corrected chi connectivity index (χ2v) is 9.02. The van der Waals surface area contributed by atoms with Gasteiger partial charge in [-0.3, -0.25) is 14.9 Å². The molecule has 0 bridgehead atoms. The summed E-state index contributed by atoms with van der Waals surface area (Å²) >= 11 is 13.4. The molecule has 0 aliphatic rings. The Hall–Kier alpha value is -2.82. The van der Waals surface area contributed by atoms with Crippen LogP contribution < -0.4 is 10.1 Å². The van der Waals surface area contributed by atoms with Gasteiger partial charge in [-0.25, -0.2) is 0 Å². The van der Waals surface area contributed by atoms with E-state index in [0.717, 1.165) is 11.1 Å². The summed E-state index contributed by atoms with van der Waals surface area (Å²) < 4.78 is 7.77. The molecule has 174 valence electrons. The van der Waals surface area contributed by atoms with Gasteiger partial charge >= 0.3 is 0 Å². The van der Waals surface area contributed by atoms with Gasteiger partial charge in [-0.05, 0) is 50.1 Å². The van der Waals surface area contributed by atoms with E-state index in [1.54, 1.807) is 11.6 Å². The highest BCUT2D eigenvalue weighted by atomic mass is 35.5. The Morgan fingerprint density at radius 1 is 1.24 bits per heavy atom. The minimum Gasteiger partial charge on any atom is -0.483 e. The lowest BCUT2D eigenvalue weighted by Crippen LogP contribution is -2.15. The molecule has 3 aromatic rings. The Morgan fingerprint density at radius 3 is 2.55 bits per heavy atom. The summed E-state index contributed by atoms with van der Waals surface area (Å²) in [7, 11) is 1.78. The number of non-ortho nitro benzene ring substituents is 1. The predicted molar refractivity (Wildman–Crippen MR) is 128 cm³/mol. The lowest BCUT2D eigenvalue weighted by Gasteiger charge is -2.16. The number of aromatic nitrogens is 3. The van der Waals surface area contributed by atoms with Gasteiger partial charge in [0, 0.05) is 24.2 Å². The molecular weight excluding hydrogens is 489 g/mol. The minimum absolute atomic E-state index is 0.00973. The van der Waals surface area contributed by atoms with Crippen LogP contribution in [-0.4, -0.2) is 31.3 Å². The smallest absolute Gasteiger partial charge is 0.271 e. The highest BCUT2D eigenvalue weighted by Gasteiger charge is 2.19. The summed E-state index contributed by atoms with van der Waals surface area (Å²) in [6.45, 7) is 5.68. The van der Waals surface area contributed by atoms with Crippen LogP contribution in [0.2, 0.25) is 10.0 Å². The van der Waals surface area contributed by atoms with Crippen LogP contribution in [0, 0.1) is 24.0 Å². The molecule has 1 atom stereocenters. The number of thioether (sulfide) groups is 1. The molecule has 0 saturated carbocycles. The van der Waals surface area contributed by atoms with Crippen molar-refractivity contribution in [3.63, 3.8) is 0 Å². The van der Waals surface area contributed by atoms with Gasteiger partial charge in [-0.1, -0.05) is 35.0 Å². The Bertz CT molecular complexity index is 1190. The Kier molecular flexibility index (Phi) is 7.83. The third-order valence-corrected chi connectivity index (χ3v) is 6.67. The fraction of sp³-hybridized carbons (Fsp3) is 0.286. The van der Waals surface area contributed by atoms with Crippen LogP contribution in [0.3, 0.4) is 0 Å². The van der Waals surface area contributed by atoms with E-state index in [-0.39, 0.29) is 28.1 Å². The van der Waals surface area contributed by atoms with Crippen LogP contribution in [0.5, 0.6) is 5.75 Å². The summed E-state index contributed by atoms with van der Waals surface area (Å²) in [6.07, 6.45) is -0.394. The first kappa shape index (κ1) is 24.8. The zero-order valence-corrected chi connectivity index (χ0v) is 20.6. The quantitative estimate of drug-likeness (QED) is 0.241. The van der Waals surface area contributed by atoms with Gasteiger partial charge in [-0.2, -0.15) is 0 Å². The molecule has 1 N–H and O–H groups in total. The highest BCUT2D eigenvalue weighted by Crippen LogP contribution is 2.30. The van der Waals surface area contributed by atoms with Crippen molar-refractivity contribution in [3.8, 4) is 5.75 Å². The van der Waals surface area contributed by atoms with Gasteiger partial charge in [0.05, 0.1) is 21.4 Å². The maximum atomic E-state index is 12.4. The number of hydrogen-bond donors (Lipinski definition) is 1. The van der Waals surface area contributed by atoms with Crippen molar-refractivity contribution in [2.45, 2.75) is 32.0 Å². The summed E-state index contributed by atoms with van der Waals surface area (Å²) in [5.74, 6) is 0.885. The Morgan fingerprint density at radius 2 is 1.91 bits per heavy atom. The number of carbonyl (C=O) groups excluding carboxylic acids is 1. The molecule has 1 heterocycles. The number of ether oxygens (including phenoxy) is 1. The zero-order valence-electron chi connectivity index (χ0n) is 18.3. The average molecular weight is 510 g/mol. The molecule has 3 rings (SSSR count). The number of amides is 1. The number of hydrogen-bond acceptors (Lipinski definition) is 7. The predicted octanol–water partition coefficient (Wildman–Crippen LogP) is 5.52. The number of carbonyl (C=O) groups is 1. The van der Waals surface area contributed by atoms with E-state index in [4.69, 9.17) is 27.9 Å². The lowest BCUT2D eigenvalue weighted by atomic mass is 10.1. The van der Waals surface area contributed by atoms with Crippen molar-refractivity contribution in [1.82, 2.24) is 14.8 Å². The SMILES string of the molecule is Cc1cc(OC(C)c2nnc(SCC(=O)Nc3cc([N+](=O)[O-])ccc3Cl)n2C)cc(C)c1Cl. The molecular formula is C21H21Cl2N5O4S. The van der Waals surface area contributed by atoms with E-state index in [1.807, 2.05) is 32.9 Å². The van der Waals surface area contributed by atoms with Gasteiger partial charge in [-0.15, -0.1) is 10.2 Å². The van der Waals surface area contributed by atoms with Crippen molar-refractivity contribution in [2.75, 3.05) is 11.1 Å². The third kappa shape index (κ3) is 5.95. The van der Waals surface area contributed by atoms with E-state index >= 15 is 0 Å². The molecule has 1 aromatic heterocycles. The molecule has 2 aromatic carbocycles. The molecule has 0 aliphatic heterocycles. The molecule has 1 unspecified atom stereocenters. The van der Waals surface area contributed by atoms with Crippen LogP contribution >= 0.6 is 35.0 Å². The highest BCUT2D eigenvalue weighted by molar-refractivity contribution is 7.99. The first-order chi connectivity index (χ1) is 15.6. The second kappa shape index (κ2) is 10.4. The molecule has 1 amide bonds. The van der Waals surface area contributed by atoms with Crippen LogP contribution in [0.4, 0.5) is 11.4 Å². The molecule has 0 saturated heterocycles.